The van der Waals surface area contributed by atoms with Crippen molar-refractivity contribution in [3.8, 4) is 6.07 Å². The third-order valence-electron chi connectivity index (χ3n) is 3.35. The van der Waals surface area contributed by atoms with E-state index < -0.39 is 0 Å². The van der Waals surface area contributed by atoms with Gasteiger partial charge in [0, 0.05) is 12.0 Å². The van der Waals surface area contributed by atoms with Crippen molar-refractivity contribution in [2.24, 2.45) is 10.6 Å². The highest BCUT2D eigenvalue weighted by molar-refractivity contribution is 6.03. The molecule has 0 saturated carbocycles. The summed E-state index contributed by atoms with van der Waals surface area (Å²) in [7, 11) is 1.50. The smallest absolute Gasteiger partial charge is 0.164 e. The van der Waals surface area contributed by atoms with E-state index in [1.165, 1.54) is 20.1 Å². The molecule has 2 saturated heterocycles. The summed E-state index contributed by atoms with van der Waals surface area (Å²) in [6, 6.07) is 2.19. The van der Waals surface area contributed by atoms with Gasteiger partial charge in [0.1, 0.15) is 13.2 Å². The highest BCUT2D eigenvalue weighted by Gasteiger charge is 2.45. The fraction of sp³-hybridized carbons (Fsp3) is 0.800. The van der Waals surface area contributed by atoms with Crippen molar-refractivity contribution < 1.29 is 4.84 Å². The molecule has 4 nitrogen and oxygen atoms in total. The second-order valence-corrected chi connectivity index (χ2v) is 4.14. The minimum Gasteiger partial charge on any atom is -0.398 e. The molecular weight excluding hydrogens is 178 g/mol. The van der Waals surface area contributed by atoms with Crippen LogP contribution in [0.25, 0.3) is 0 Å². The van der Waals surface area contributed by atoms with Gasteiger partial charge >= 0.3 is 0 Å². The maximum absolute atomic E-state index is 9.04. The Kier molecular flexibility index (Phi) is 2.42. The third kappa shape index (κ3) is 1.38. The van der Waals surface area contributed by atoms with E-state index in [9.17, 15) is 0 Å². The highest BCUT2D eigenvalue weighted by atomic mass is 16.6. The minimum atomic E-state index is 0.00299. The zero-order valence-corrected chi connectivity index (χ0v) is 8.49. The summed E-state index contributed by atoms with van der Waals surface area (Å²) in [5.74, 6) is 0. The Bertz CT molecular complexity index is 290. The highest BCUT2D eigenvalue weighted by Crippen LogP contribution is 2.40. The van der Waals surface area contributed by atoms with Crippen LogP contribution in [0.15, 0.2) is 5.16 Å². The normalized spacial score (nSPS) is 36.6. The van der Waals surface area contributed by atoms with E-state index in [1.807, 2.05) is 0 Å². The van der Waals surface area contributed by atoms with Crippen LogP contribution in [0.2, 0.25) is 0 Å². The molecule has 2 aliphatic heterocycles. The van der Waals surface area contributed by atoms with E-state index >= 15 is 0 Å². The number of nitriles is 1. The zero-order valence-electron chi connectivity index (χ0n) is 8.49. The first-order valence-corrected chi connectivity index (χ1v) is 5.05. The predicted octanol–water partition coefficient (Wildman–Crippen LogP) is 0.998. The van der Waals surface area contributed by atoms with Gasteiger partial charge in [-0.3, -0.25) is 0 Å². The summed E-state index contributed by atoms with van der Waals surface area (Å²) in [4.78, 5) is 7.15. The fourth-order valence-corrected chi connectivity index (χ4v) is 2.63. The number of hydrogen-bond donors (Lipinski definition) is 0. The molecule has 0 spiro atoms. The SMILES string of the molecule is CO/N=C(/C#N)C12CCCN(CC1)C2. The Labute approximate surface area is 84.1 Å². The Balaban J connectivity index is 2.23. The number of nitrogens with zero attached hydrogens (tertiary/aromatic N) is 3. The molecule has 0 radical (unpaired) electrons. The summed E-state index contributed by atoms with van der Waals surface area (Å²) in [5, 5.41) is 12.9. The van der Waals surface area contributed by atoms with Crippen molar-refractivity contribution in [3.63, 3.8) is 0 Å². The lowest BCUT2D eigenvalue weighted by Gasteiger charge is -2.31. The molecule has 14 heavy (non-hydrogen) atoms. The predicted molar refractivity (Wildman–Crippen MR) is 52.8 cm³/mol. The largest absolute Gasteiger partial charge is 0.398 e. The lowest BCUT2D eigenvalue weighted by molar-refractivity contribution is 0.197. The molecule has 2 atom stereocenters. The second-order valence-electron chi connectivity index (χ2n) is 4.14. The molecule has 2 aliphatic rings. The van der Waals surface area contributed by atoms with Crippen LogP contribution in [-0.2, 0) is 4.84 Å². The summed E-state index contributed by atoms with van der Waals surface area (Å²) in [6.45, 7) is 3.26. The molecule has 2 bridgehead atoms. The maximum Gasteiger partial charge on any atom is 0.164 e. The molecule has 2 rings (SSSR count). The maximum atomic E-state index is 9.04. The molecule has 0 aliphatic carbocycles. The van der Waals surface area contributed by atoms with E-state index in [0.29, 0.717) is 5.71 Å². The first-order valence-electron chi connectivity index (χ1n) is 5.05. The molecule has 0 aromatic heterocycles. The van der Waals surface area contributed by atoms with Gasteiger partial charge in [0.25, 0.3) is 0 Å². The molecule has 2 unspecified atom stereocenters. The van der Waals surface area contributed by atoms with E-state index in [2.05, 4.69) is 16.1 Å². The summed E-state index contributed by atoms with van der Waals surface area (Å²) >= 11 is 0. The number of oxime groups is 1. The molecule has 0 N–H and O–H groups in total. The van der Waals surface area contributed by atoms with Crippen molar-refractivity contribution in [2.75, 3.05) is 26.7 Å². The molecule has 2 fully saturated rings. The summed E-state index contributed by atoms with van der Waals surface area (Å²) in [6.07, 6.45) is 3.31. The number of rotatable bonds is 2. The minimum absolute atomic E-state index is 0.00299. The van der Waals surface area contributed by atoms with Crippen molar-refractivity contribution >= 4 is 5.71 Å². The van der Waals surface area contributed by atoms with Crippen molar-refractivity contribution in [3.05, 3.63) is 0 Å². The Hall–Kier alpha value is -1.08. The summed E-state index contributed by atoms with van der Waals surface area (Å²) in [5.41, 5.74) is 0.588. The first kappa shape index (κ1) is 9.47. The van der Waals surface area contributed by atoms with E-state index in [0.717, 1.165) is 25.9 Å². The molecule has 0 aromatic carbocycles. The van der Waals surface area contributed by atoms with Crippen LogP contribution >= 0.6 is 0 Å². The van der Waals surface area contributed by atoms with E-state index in [4.69, 9.17) is 10.1 Å². The number of fused-ring (bicyclic) bond motifs is 2. The standard InChI is InChI=1S/C10H15N3O/c1-14-12-9(7-11)10-3-2-5-13(8-10)6-4-10/h2-6,8H2,1H3/b12-9-. The zero-order chi connectivity index (χ0) is 10.0. The Morgan fingerprint density at radius 1 is 1.50 bits per heavy atom. The lowest BCUT2D eigenvalue weighted by Crippen LogP contribution is -2.39. The van der Waals surface area contributed by atoms with Crippen molar-refractivity contribution in [1.82, 2.24) is 4.90 Å². The van der Waals surface area contributed by atoms with E-state index in [1.54, 1.807) is 0 Å². The van der Waals surface area contributed by atoms with Crippen molar-refractivity contribution in [2.45, 2.75) is 19.3 Å². The van der Waals surface area contributed by atoms with Gasteiger partial charge in [-0.25, -0.2) is 0 Å². The van der Waals surface area contributed by atoms with Gasteiger partial charge < -0.3 is 9.74 Å². The van der Waals surface area contributed by atoms with Crippen LogP contribution in [-0.4, -0.2) is 37.4 Å². The van der Waals surface area contributed by atoms with Crippen LogP contribution < -0.4 is 0 Å². The topological polar surface area (TPSA) is 48.6 Å². The molecule has 0 aromatic rings. The average molecular weight is 193 g/mol. The van der Waals surface area contributed by atoms with Crippen LogP contribution in [0.4, 0.5) is 0 Å². The lowest BCUT2D eigenvalue weighted by atomic mass is 9.77. The molecular formula is C10H15N3O. The van der Waals surface area contributed by atoms with Gasteiger partial charge in [0.05, 0.1) is 0 Å². The average Bonchev–Trinajstić information content (AvgIpc) is 2.51. The number of hydrogen-bond acceptors (Lipinski definition) is 4. The van der Waals surface area contributed by atoms with Gasteiger partial charge in [-0.05, 0) is 32.4 Å². The van der Waals surface area contributed by atoms with Crippen molar-refractivity contribution in [1.29, 1.82) is 5.26 Å². The second kappa shape index (κ2) is 3.58. The van der Waals surface area contributed by atoms with Gasteiger partial charge in [0.2, 0.25) is 0 Å². The Morgan fingerprint density at radius 3 is 3.07 bits per heavy atom. The molecule has 76 valence electrons. The molecule has 2 heterocycles. The molecule has 4 heteroatoms. The monoisotopic (exact) mass is 193 g/mol. The van der Waals surface area contributed by atoms with Crippen LogP contribution in [0.3, 0.4) is 0 Å². The third-order valence-corrected chi connectivity index (χ3v) is 3.35. The van der Waals surface area contributed by atoms with Crippen LogP contribution in [0, 0.1) is 16.7 Å². The fourth-order valence-electron chi connectivity index (χ4n) is 2.63. The number of piperidine rings is 1. The first-order chi connectivity index (χ1) is 6.80. The van der Waals surface area contributed by atoms with Crippen LogP contribution in [0.1, 0.15) is 19.3 Å². The van der Waals surface area contributed by atoms with Gasteiger partial charge in [-0.15, -0.1) is 0 Å². The van der Waals surface area contributed by atoms with E-state index in [-0.39, 0.29) is 5.41 Å². The Morgan fingerprint density at radius 2 is 2.36 bits per heavy atom. The summed E-state index contributed by atoms with van der Waals surface area (Å²) < 4.78 is 0. The molecule has 0 amide bonds. The van der Waals surface area contributed by atoms with Crippen LogP contribution in [0.5, 0.6) is 0 Å². The quantitative estimate of drug-likeness (QED) is 0.485. The van der Waals surface area contributed by atoms with Gasteiger partial charge in [0.15, 0.2) is 5.71 Å². The van der Waals surface area contributed by atoms with Gasteiger partial charge in [-0.2, -0.15) is 5.26 Å². The van der Waals surface area contributed by atoms with Gasteiger partial charge in [-0.1, -0.05) is 5.16 Å².